The Bertz CT molecular complexity index is 312. The topological polar surface area (TPSA) is 29.9 Å². The molecule has 0 unspecified atom stereocenters. The lowest BCUT2D eigenvalue weighted by molar-refractivity contribution is 0.678. The van der Waals surface area contributed by atoms with E-state index in [1.165, 1.54) is 17.7 Å². The van der Waals surface area contributed by atoms with E-state index in [0.717, 1.165) is 19.5 Å². The second-order valence-corrected chi connectivity index (χ2v) is 3.77. The molecule has 0 amide bonds. The number of nitrogens with zero attached hydrogens (tertiary/aromatic N) is 2. The largest absolute Gasteiger partial charge is 0.316 e. The third-order valence-electron chi connectivity index (χ3n) is 2.42. The predicted octanol–water partition coefficient (Wildman–Crippen LogP) is 2.21. The molecule has 0 aliphatic heterocycles. The van der Waals surface area contributed by atoms with Crippen LogP contribution in [0.25, 0.3) is 5.57 Å². The molecule has 0 saturated heterocycles. The Morgan fingerprint density at radius 3 is 2.93 bits per heavy atom. The molecule has 0 aliphatic rings. The summed E-state index contributed by atoms with van der Waals surface area (Å²) in [6.45, 7) is 6.49. The van der Waals surface area contributed by atoms with Gasteiger partial charge in [-0.3, -0.25) is 4.68 Å². The number of rotatable bonds is 6. The first-order chi connectivity index (χ1) is 7.25. The lowest BCUT2D eigenvalue weighted by atomic mass is 10.2. The van der Waals surface area contributed by atoms with Gasteiger partial charge in [0.25, 0.3) is 0 Å². The van der Waals surface area contributed by atoms with Crippen molar-refractivity contribution in [2.75, 3.05) is 13.1 Å². The van der Waals surface area contributed by atoms with Gasteiger partial charge in [0.05, 0.1) is 5.69 Å². The van der Waals surface area contributed by atoms with Gasteiger partial charge in [0, 0.05) is 13.2 Å². The highest BCUT2D eigenvalue weighted by Crippen LogP contribution is 2.11. The Morgan fingerprint density at radius 2 is 2.33 bits per heavy atom. The lowest BCUT2D eigenvalue weighted by Gasteiger charge is -2.03. The number of aryl methyl sites for hydroxylation is 1. The summed E-state index contributed by atoms with van der Waals surface area (Å²) in [6, 6.07) is 2.05. The van der Waals surface area contributed by atoms with Crippen molar-refractivity contribution in [3.63, 3.8) is 0 Å². The quantitative estimate of drug-likeness (QED) is 0.725. The van der Waals surface area contributed by atoms with E-state index in [1.54, 1.807) is 0 Å². The molecule has 15 heavy (non-hydrogen) atoms. The summed E-state index contributed by atoms with van der Waals surface area (Å²) in [5, 5.41) is 7.54. The molecule has 1 aromatic rings. The van der Waals surface area contributed by atoms with Gasteiger partial charge in [0.1, 0.15) is 0 Å². The Hall–Kier alpha value is -1.09. The molecule has 84 valence electrons. The molecule has 3 heteroatoms. The number of nitrogens with one attached hydrogen (secondary N) is 1. The fraction of sp³-hybridized carbons (Fsp3) is 0.583. The maximum Gasteiger partial charge on any atom is 0.0632 e. The van der Waals surface area contributed by atoms with Crippen LogP contribution >= 0.6 is 0 Å². The first kappa shape index (κ1) is 12.0. The average Bonchev–Trinajstić information content (AvgIpc) is 2.64. The van der Waals surface area contributed by atoms with Crippen LogP contribution in [0.2, 0.25) is 0 Å². The summed E-state index contributed by atoms with van der Waals surface area (Å²) in [5.41, 5.74) is 2.50. The minimum absolute atomic E-state index is 1.06. The number of aromatic nitrogens is 2. The van der Waals surface area contributed by atoms with E-state index in [-0.39, 0.29) is 0 Å². The van der Waals surface area contributed by atoms with Crippen LogP contribution in [0.5, 0.6) is 0 Å². The van der Waals surface area contributed by atoms with E-state index in [2.05, 4.69) is 30.3 Å². The van der Waals surface area contributed by atoms with Gasteiger partial charge in [-0.15, -0.1) is 0 Å². The number of hydrogen-bond acceptors (Lipinski definition) is 2. The first-order valence-corrected chi connectivity index (χ1v) is 5.61. The number of allylic oxidation sites excluding steroid dienone is 1. The van der Waals surface area contributed by atoms with Gasteiger partial charge in [-0.25, -0.2) is 0 Å². The highest BCUT2D eigenvalue weighted by Gasteiger charge is 1.99. The molecule has 1 N–H and O–H groups in total. The van der Waals surface area contributed by atoms with E-state index in [9.17, 15) is 0 Å². The van der Waals surface area contributed by atoms with Crippen molar-refractivity contribution >= 4 is 5.57 Å². The van der Waals surface area contributed by atoms with Crippen molar-refractivity contribution in [3.8, 4) is 0 Å². The second-order valence-electron chi connectivity index (χ2n) is 3.77. The van der Waals surface area contributed by atoms with Gasteiger partial charge in [0.15, 0.2) is 0 Å². The Kier molecular flexibility index (Phi) is 5.12. The van der Waals surface area contributed by atoms with Crippen LogP contribution in [0.1, 0.15) is 32.4 Å². The van der Waals surface area contributed by atoms with Crippen LogP contribution in [0.3, 0.4) is 0 Å². The second kappa shape index (κ2) is 6.40. The zero-order valence-corrected chi connectivity index (χ0v) is 9.95. The minimum Gasteiger partial charge on any atom is -0.316 e. The zero-order chi connectivity index (χ0) is 11.1. The van der Waals surface area contributed by atoms with Crippen molar-refractivity contribution in [3.05, 3.63) is 24.0 Å². The van der Waals surface area contributed by atoms with Crippen LogP contribution in [0, 0.1) is 0 Å². The Balaban J connectivity index is 2.37. The van der Waals surface area contributed by atoms with Gasteiger partial charge < -0.3 is 5.32 Å². The summed E-state index contributed by atoms with van der Waals surface area (Å²) < 4.78 is 1.91. The molecule has 1 aromatic heterocycles. The number of hydrogen-bond donors (Lipinski definition) is 1. The van der Waals surface area contributed by atoms with Crippen LogP contribution < -0.4 is 5.32 Å². The summed E-state index contributed by atoms with van der Waals surface area (Å²) >= 11 is 0. The molecule has 0 atom stereocenters. The van der Waals surface area contributed by atoms with Crippen molar-refractivity contribution < 1.29 is 0 Å². The highest BCUT2D eigenvalue weighted by atomic mass is 15.3. The molecule has 0 aromatic carbocycles. The van der Waals surface area contributed by atoms with E-state index in [0.29, 0.717) is 0 Å². The van der Waals surface area contributed by atoms with E-state index < -0.39 is 0 Å². The summed E-state index contributed by atoms with van der Waals surface area (Å²) in [6.07, 6.45) is 6.38. The fourth-order valence-electron chi connectivity index (χ4n) is 1.56. The van der Waals surface area contributed by atoms with Crippen molar-refractivity contribution in [2.45, 2.75) is 26.7 Å². The fourth-order valence-corrected chi connectivity index (χ4v) is 1.56. The average molecular weight is 207 g/mol. The smallest absolute Gasteiger partial charge is 0.0632 e. The lowest BCUT2D eigenvalue weighted by Crippen LogP contribution is -2.15. The molecule has 0 bridgehead atoms. The Labute approximate surface area is 92.2 Å². The molecule has 0 fully saturated rings. The first-order valence-electron chi connectivity index (χ1n) is 5.61. The van der Waals surface area contributed by atoms with Gasteiger partial charge in [-0.1, -0.05) is 13.0 Å². The summed E-state index contributed by atoms with van der Waals surface area (Å²) in [4.78, 5) is 0. The normalized spacial score (nSPS) is 12.1. The zero-order valence-electron chi connectivity index (χ0n) is 9.95. The van der Waals surface area contributed by atoms with E-state index in [1.807, 2.05) is 24.0 Å². The van der Waals surface area contributed by atoms with Gasteiger partial charge in [-0.05, 0) is 44.5 Å². The molecule has 0 aliphatic carbocycles. The van der Waals surface area contributed by atoms with Crippen LogP contribution in [0.4, 0.5) is 0 Å². The van der Waals surface area contributed by atoms with Gasteiger partial charge >= 0.3 is 0 Å². The van der Waals surface area contributed by atoms with Crippen LogP contribution in [-0.2, 0) is 7.05 Å². The third kappa shape index (κ3) is 3.88. The maximum absolute atomic E-state index is 4.16. The standard InChI is InChI=1S/C12H21N3/c1-4-8-13-9-5-6-11(2)12-7-10-14-15(12)3/h6-7,10,13H,4-5,8-9H2,1-3H3. The monoisotopic (exact) mass is 207 g/mol. The van der Waals surface area contributed by atoms with Crippen molar-refractivity contribution in [1.82, 2.24) is 15.1 Å². The van der Waals surface area contributed by atoms with Crippen molar-refractivity contribution in [1.29, 1.82) is 0 Å². The maximum atomic E-state index is 4.16. The Morgan fingerprint density at radius 1 is 1.53 bits per heavy atom. The van der Waals surface area contributed by atoms with E-state index >= 15 is 0 Å². The van der Waals surface area contributed by atoms with Crippen LogP contribution in [0.15, 0.2) is 18.3 Å². The summed E-state index contributed by atoms with van der Waals surface area (Å²) in [5.74, 6) is 0. The molecule has 0 spiro atoms. The van der Waals surface area contributed by atoms with Crippen LogP contribution in [-0.4, -0.2) is 22.9 Å². The van der Waals surface area contributed by atoms with Gasteiger partial charge in [0.2, 0.25) is 0 Å². The predicted molar refractivity (Wildman–Crippen MR) is 64.6 cm³/mol. The molecular weight excluding hydrogens is 186 g/mol. The summed E-state index contributed by atoms with van der Waals surface area (Å²) in [7, 11) is 1.97. The molecular formula is C12H21N3. The van der Waals surface area contributed by atoms with Gasteiger partial charge in [-0.2, -0.15) is 5.10 Å². The minimum atomic E-state index is 1.06. The molecule has 1 rings (SSSR count). The molecule has 3 nitrogen and oxygen atoms in total. The SMILES string of the molecule is CCCNCCC=C(C)c1ccnn1C. The van der Waals surface area contributed by atoms with Crippen molar-refractivity contribution in [2.24, 2.45) is 7.05 Å². The highest BCUT2D eigenvalue weighted by molar-refractivity contribution is 5.60. The molecule has 0 radical (unpaired) electrons. The van der Waals surface area contributed by atoms with E-state index in [4.69, 9.17) is 0 Å². The third-order valence-corrected chi connectivity index (χ3v) is 2.42. The molecule has 0 saturated carbocycles. The molecule has 1 heterocycles.